The highest BCUT2D eigenvalue weighted by atomic mass is 32.1. The number of hydrogen-bond acceptors (Lipinski definition) is 4. The number of thiazole rings is 1. The van der Waals surface area contributed by atoms with E-state index in [-0.39, 0.29) is 24.2 Å². The van der Waals surface area contributed by atoms with Gasteiger partial charge < -0.3 is 10.2 Å². The molecule has 1 aliphatic heterocycles. The number of aromatic nitrogens is 1. The van der Waals surface area contributed by atoms with Crippen molar-refractivity contribution in [3.05, 3.63) is 35.2 Å². The largest absolute Gasteiger partial charge is 0.339 e. The molecule has 130 valence electrons. The second kappa shape index (κ2) is 6.18. The van der Waals surface area contributed by atoms with Crippen LogP contribution in [0.2, 0.25) is 0 Å². The number of anilines is 1. The molecule has 1 aliphatic carbocycles. The van der Waals surface area contributed by atoms with E-state index in [1.54, 1.807) is 10.3 Å². The van der Waals surface area contributed by atoms with E-state index in [0.717, 1.165) is 25.0 Å². The first kappa shape index (κ1) is 16.1. The fraction of sp³-hybridized carbons (Fsp3) is 0.353. The first-order valence-electron chi connectivity index (χ1n) is 8.02. The molecule has 2 aromatic rings. The third-order valence-corrected chi connectivity index (χ3v) is 5.22. The van der Waals surface area contributed by atoms with Gasteiger partial charge in [-0.15, -0.1) is 11.3 Å². The molecular weight excluding hydrogens is 348 g/mol. The Labute approximate surface area is 146 Å². The Balaban J connectivity index is 1.43. The lowest BCUT2D eigenvalue weighted by Gasteiger charge is -2.14. The van der Waals surface area contributed by atoms with Crippen molar-refractivity contribution < 1.29 is 18.4 Å². The number of rotatable bonds is 4. The molecule has 2 heterocycles. The number of carbonyl (C=O) groups is 2. The third-order valence-electron chi connectivity index (χ3n) is 4.47. The van der Waals surface area contributed by atoms with Crippen molar-refractivity contribution in [2.75, 3.05) is 11.9 Å². The number of halogens is 2. The van der Waals surface area contributed by atoms with Gasteiger partial charge in [-0.3, -0.25) is 9.59 Å². The Kier molecular flexibility index (Phi) is 3.99. The molecule has 1 aromatic heterocycles. The molecule has 0 spiro atoms. The average molecular weight is 363 g/mol. The topological polar surface area (TPSA) is 62.3 Å². The summed E-state index contributed by atoms with van der Waals surface area (Å²) in [5.74, 6) is -2.44. The molecule has 2 amide bonds. The maximum Gasteiger partial charge on any atom is 0.231 e. The Morgan fingerprint density at radius 3 is 2.80 bits per heavy atom. The summed E-state index contributed by atoms with van der Waals surface area (Å²) in [6.07, 6.45) is 2.26. The van der Waals surface area contributed by atoms with Crippen LogP contribution in [0, 0.1) is 17.6 Å². The quantitative estimate of drug-likeness (QED) is 0.908. The summed E-state index contributed by atoms with van der Waals surface area (Å²) in [7, 11) is 0. The van der Waals surface area contributed by atoms with Crippen LogP contribution in [-0.2, 0) is 9.59 Å². The van der Waals surface area contributed by atoms with Crippen LogP contribution < -0.4 is 5.32 Å². The molecule has 0 radical (unpaired) electrons. The lowest BCUT2D eigenvalue weighted by molar-refractivity contribution is -0.128. The molecule has 8 heteroatoms. The molecule has 2 fully saturated rings. The van der Waals surface area contributed by atoms with Crippen LogP contribution >= 0.6 is 11.3 Å². The van der Waals surface area contributed by atoms with Gasteiger partial charge in [-0.1, -0.05) is 0 Å². The summed E-state index contributed by atoms with van der Waals surface area (Å²) < 4.78 is 26.3. The molecule has 25 heavy (non-hydrogen) atoms. The standard InChI is InChI=1S/C17H15F2N3O2S/c18-12-4-1-9(5-13(12)19)14-8-25-17(20-14)21-16(24)10-6-15(23)22(7-10)11-2-3-11/h1,4-5,8,10-11H,2-3,6-7H2,(H,20,21,24). The molecular formula is C17H15F2N3O2S. The van der Waals surface area contributed by atoms with Gasteiger partial charge in [0.25, 0.3) is 0 Å². The van der Waals surface area contributed by atoms with Gasteiger partial charge in [-0.25, -0.2) is 13.8 Å². The SMILES string of the molecule is O=C(Nc1nc(-c2ccc(F)c(F)c2)cs1)C1CC(=O)N(C2CC2)C1. The Hall–Kier alpha value is -2.35. The molecule has 1 N–H and O–H groups in total. The van der Waals surface area contributed by atoms with Crippen molar-refractivity contribution in [3.8, 4) is 11.3 Å². The molecule has 5 nitrogen and oxygen atoms in total. The smallest absolute Gasteiger partial charge is 0.231 e. The monoisotopic (exact) mass is 363 g/mol. The molecule has 1 aromatic carbocycles. The second-order valence-corrected chi connectivity index (χ2v) is 7.19. The summed E-state index contributed by atoms with van der Waals surface area (Å²) in [6, 6.07) is 3.85. The van der Waals surface area contributed by atoms with Crippen LogP contribution in [-0.4, -0.2) is 34.3 Å². The number of amides is 2. The number of carbonyl (C=O) groups excluding carboxylic acids is 2. The van der Waals surface area contributed by atoms with Crippen LogP contribution in [0.1, 0.15) is 19.3 Å². The highest BCUT2D eigenvalue weighted by Crippen LogP contribution is 2.33. The minimum Gasteiger partial charge on any atom is -0.339 e. The molecule has 0 bridgehead atoms. The molecule has 2 aliphatic rings. The van der Waals surface area contributed by atoms with Gasteiger partial charge in [0.1, 0.15) is 0 Å². The summed E-state index contributed by atoms with van der Waals surface area (Å²) >= 11 is 1.20. The zero-order valence-electron chi connectivity index (χ0n) is 13.2. The van der Waals surface area contributed by atoms with Gasteiger partial charge in [0.2, 0.25) is 11.8 Å². The van der Waals surface area contributed by atoms with Crippen molar-refractivity contribution in [2.45, 2.75) is 25.3 Å². The van der Waals surface area contributed by atoms with E-state index in [2.05, 4.69) is 10.3 Å². The Morgan fingerprint density at radius 2 is 2.08 bits per heavy atom. The maximum absolute atomic E-state index is 13.3. The Morgan fingerprint density at radius 1 is 1.28 bits per heavy atom. The lowest BCUT2D eigenvalue weighted by Crippen LogP contribution is -2.29. The number of nitrogens with zero attached hydrogens (tertiary/aromatic N) is 2. The van der Waals surface area contributed by atoms with Gasteiger partial charge in [-0.2, -0.15) is 0 Å². The van der Waals surface area contributed by atoms with Gasteiger partial charge in [0.05, 0.1) is 11.6 Å². The molecule has 1 saturated heterocycles. The fourth-order valence-electron chi connectivity index (χ4n) is 2.97. The number of likely N-dealkylation sites (tertiary alicyclic amines) is 1. The fourth-order valence-corrected chi connectivity index (χ4v) is 3.70. The average Bonchev–Trinajstić information content (AvgIpc) is 3.19. The molecule has 4 rings (SSSR count). The van der Waals surface area contributed by atoms with E-state index in [1.165, 1.54) is 17.4 Å². The molecule has 1 unspecified atom stereocenters. The van der Waals surface area contributed by atoms with Crippen LogP contribution in [0.3, 0.4) is 0 Å². The van der Waals surface area contributed by atoms with Crippen molar-refractivity contribution in [1.29, 1.82) is 0 Å². The van der Waals surface area contributed by atoms with Gasteiger partial charge in [0.15, 0.2) is 16.8 Å². The lowest BCUT2D eigenvalue weighted by atomic mass is 10.1. The van der Waals surface area contributed by atoms with Crippen molar-refractivity contribution in [1.82, 2.24) is 9.88 Å². The highest BCUT2D eigenvalue weighted by Gasteiger charge is 2.41. The minimum absolute atomic E-state index is 0.0317. The summed E-state index contributed by atoms with van der Waals surface area (Å²) in [5.41, 5.74) is 0.896. The summed E-state index contributed by atoms with van der Waals surface area (Å²) in [4.78, 5) is 30.3. The molecule has 1 saturated carbocycles. The van der Waals surface area contributed by atoms with Crippen LogP contribution in [0.15, 0.2) is 23.6 Å². The van der Waals surface area contributed by atoms with Crippen molar-refractivity contribution >= 4 is 28.3 Å². The van der Waals surface area contributed by atoms with Crippen molar-refractivity contribution in [3.63, 3.8) is 0 Å². The van der Waals surface area contributed by atoms with Gasteiger partial charge >= 0.3 is 0 Å². The maximum atomic E-state index is 13.3. The van der Waals surface area contributed by atoms with E-state index in [9.17, 15) is 18.4 Å². The van der Waals surface area contributed by atoms with Crippen molar-refractivity contribution in [2.24, 2.45) is 5.92 Å². The molecule has 1 atom stereocenters. The van der Waals surface area contributed by atoms with E-state index in [1.807, 2.05) is 0 Å². The normalized spacial score (nSPS) is 20.2. The van der Waals surface area contributed by atoms with Gasteiger partial charge in [-0.05, 0) is 31.0 Å². The predicted molar refractivity (Wildman–Crippen MR) is 88.9 cm³/mol. The van der Waals surface area contributed by atoms with E-state index < -0.39 is 11.6 Å². The number of nitrogens with one attached hydrogen (secondary N) is 1. The van der Waals surface area contributed by atoms with E-state index in [0.29, 0.717) is 29.0 Å². The highest BCUT2D eigenvalue weighted by molar-refractivity contribution is 7.14. The van der Waals surface area contributed by atoms with Gasteiger partial charge in [0, 0.05) is 30.0 Å². The van der Waals surface area contributed by atoms with Crippen LogP contribution in [0.5, 0.6) is 0 Å². The van der Waals surface area contributed by atoms with E-state index >= 15 is 0 Å². The predicted octanol–water partition coefficient (Wildman–Crippen LogP) is 3.04. The number of hydrogen-bond donors (Lipinski definition) is 1. The van der Waals surface area contributed by atoms with Crippen LogP contribution in [0.25, 0.3) is 11.3 Å². The van der Waals surface area contributed by atoms with E-state index in [4.69, 9.17) is 0 Å². The minimum atomic E-state index is -0.944. The van der Waals surface area contributed by atoms with Crippen LogP contribution in [0.4, 0.5) is 13.9 Å². The zero-order valence-corrected chi connectivity index (χ0v) is 14.0. The summed E-state index contributed by atoms with van der Waals surface area (Å²) in [5, 5.41) is 4.76. The second-order valence-electron chi connectivity index (χ2n) is 6.33. The number of benzene rings is 1. The first-order chi connectivity index (χ1) is 12.0. The zero-order chi connectivity index (χ0) is 17.6. The first-order valence-corrected chi connectivity index (χ1v) is 8.90. The Bertz CT molecular complexity index is 850. The summed E-state index contributed by atoms with van der Waals surface area (Å²) in [6.45, 7) is 0.455. The third kappa shape index (κ3) is 3.26.